The molecule has 0 unspecified atom stereocenters. The minimum absolute atomic E-state index is 0.0247. The van der Waals surface area contributed by atoms with Crippen molar-refractivity contribution in [3.8, 4) is 5.75 Å². The standard InChI is InChI=1S/C20H28N2O5/c1-3-5-10-26-11-6-9-21-19(24)13-22-16-12-15(17(23)4-2)7-8-18(16)27-14-20(22)25/h7-8,12H,3-6,9-11,13-14H2,1-2H3,(H,21,24). The predicted molar refractivity (Wildman–Crippen MR) is 102 cm³/mol. The van der Waals surface area contributed by atoms with E-state index in [-0.39, 0.29) is 30.7 Å². The summed E-state index contributed by atoms with van der Waals surface area (Å²) in [7, 11) is 0. The molecule has 0 radical (unpaired) electrons. The molecule has 1 N–H and O–H groups in total. The van der Waals surface area contributed by atoms with Gasteiger partial charge in [-0.3, -0.25) is 19.3 Å². The van der Waals surface area contributed by atoms with Crippen LogP contribution in [0, 0.1) is 0 Å². The minimum Gasteiger partial charge on any atom is -0.482 e. The van der Waals surface area contributed by atoms with Crippen molar-refractivity contribution in [2.75, 3.05) is 37.8 Å². The van der Waals surface area contributed by atoms with Crippen molar-refractivity contribution >= 4 is 23.3 Å². The SMILES string of the molecule is CCCCOCCCNC(=O)CN1C(=O)COc2ccc(C(=O)CC)cc21. The molecule has 0 spiro atoms. The summed E-state index contributed by atoms with van der Waals surface area (Å²) in [6.45, 7) is 5.49. The number of nitrogens with zero attached hydrogens (tertiary/aromatic N) is 1. The van der Waals surface area contributed by atoms with Gasteiger partial charge < -0.3 is 14.8 Å². The first kappa shape index (κ1) is 20.9. The molecule has 0 aromatic heterocycles. The molecule has 7 heteroatoms. The summed E-state index contributed by atoms with van der Waals surface area (Å²) in [5, 5.41) is 2.80. The van der Waals surface area contributed by atoms with Crippen molar-refractivity contribution in [1.82, 2.24) is 5.32 Å². The molecule has 1 aliphatic heterocycles. The summed E-state index contributed by atoms with van der Waals surface area (Å²) < 4.78 is 10.9. The highest BCUT2D eigenvalue weighted by Gasteiger charge is 2.28. The van der Waals surface area contributed by atoms with Gasteiger partial charge in [0.1, 0.15) is 12.3 Å². The van der Waals surface area contributed by atoms with E-state index >= 15 is 0 Å². The normalized spacial score (nSPS) is 13.1. The Morgan fingerprint density at radius 2 is 2.00 bits per heavy atom. The van der Waals surface area contributed by atoms with Crippen molar-refractivity contribution in [2.24, 2.45) is 0 Å². The summed E-state index contributed by atoms with van der Waals surface area (Å²) in [6, 6.07) is 4.97. The van der Waals surface area contributed by atoms with E-state index in [0.717, 1.165) is 25.9 Å². The van der Waals surface area contributed by atoms with E-state index in [1.165, 1.54) is 4.90 Å². The average molecular weight is 376 g/mol. The van der Waals surface area contributed by atoms with E-state index in [0.29, 0.717) is 36.6 Å². The van der Waals surface area contributed by atoms with Crippen LogP contribution in [0.1, 0.15) is 49.9 Å². The monoisotopic (exact) mass is 376 g/mol. The number of anilines is 1. The first-order chi connectivity index (χ1) is 13.1. The molecular weight excluding hydrogens is 348 g/mol. The van der Waals surface area contributed by atoms with Crippen LogP contribution in [0.25, 0.3) is 0 Å². The molecule has 0 fully saturated rings. The number of carbonyl (C=O) groups excluding carboxylic acids is 3. The van der Waals surface area contributed by atoms with Gasteiger partial charge in [-0.25, -0.2) is 0 Å². The Labute approximate surface area is 160 Å². The highest BCUT2D eigenvalue weighted by molar-refractivity contribution is 6.04. The van der Waals surface area contributed by atoms with E-state index in [1.54, 1.807) is 25.1 Å². The first-order valence-electron chi connectivity index (χ1n) is 9.51. The first-order valence-corrected chi connectivity index (χ1v) is 9.51. The zero-order chi connectivity index (χ0) is 19.6. The highest BCUT2D eigenvalue weighted by Crippen LogP contribution is 2.33. The third-order valence-electron chi connectivity index (χ3n) is 4.28. The molecule has 1 aromatic rings. The van der Waals surface area contributed by atoms with Gasteiger partial charge >= 0.3 is 0 Å². The van der Waals surface area contributed by atoms with Crippen LogP contribution in [-0.4, -0.2) is 50.5 Å². The van der Waals surface area contributed by atoms with Gasteiger partial charge in [-0.05, 0) is 31.0 Å². The molecule has 27 heavy (non-hydrogen) atoms. The van der Waals surface area contributed by atoms with Crippen LogP contribution in [-0.2, 0) is 14.3 Å². The number of hydrogen-bond donors (Lipinski definition) is 1. The van der Waals surface area contributed by atoms with Gasteiger partial charge in [-0.2, -0.15) is 0 Å². The molecule has 1 aliphatic rings. The topological polar surface area (TPSA) is 84.9 Å². The Bertz CT molecular complexity index is 674. The maximum Gasteiger partial charge on any atom is 0.265 e. The zero-order valence-corrected chi connectivity index (χ0v) is 16.1. The number of benzene rings is 1. The van der Waals surface area contributed by atoms with Gasteiger partial charge in [0, 0.05) is 31.7 Å². The maximum absolute atomic E-state index is 12.2. The number of ether oxygens (including phenoxy) is 2. The highest BCUT2D eigenvalue weighted by atomic mass is 16.5. The summed E-state index contributed by atoms with van der Waals surface area (Å²) in [4.78, 5) is 37.8. The van der Waals surface area contributed by atoms with Crippen molar-refractivity contribution in [2.45, 2.75) is 39.5 Å². The molecule has 0 saturated carbocycles. The average Bonchev–Trinajstić information content (AvgIpc) is 2.68. The lowest BCUT2D eigenvalue weighted by atomic mass is 10.1. The van der Waals surface area contributed by atoms with Gasteiger partial charge in [-0.15, -0.1) is 0 Å². The molecule has 0 saturated heterocycles. The van der Waals surface area contributed by atoms with Crippen molar-refractivity contribution in [3.05, 3.63) is 23.8 Å². The quantitative estimate of drug-likeness (QED) is 0.473. The predicted octanol–water partition coefficient (Wildman–Crippen LogP) is 2.33. The summed E-state index contributed by atoms with van der Waals surface area (Å²) in [5.41, 5.74) is 0.966. The molecule has 7 nitrogen and oxygen atoms in total. The number of Topliss-reactive ketones (excluding diaryl/α,β-unsaturated/α-hetero) is 1. The lowest BCUT2D eigenvalue weighted by Gasteiger charge is -2.29. The van der Waals surface area contributed by atoms with Crippen LogP contribution in [0.4, 0.5) is 5.69 Å². The third-order valence-corrected chi connectivity index (χ3v) is 4.28. The van der Waals surface area contributed by atoms with Crippen molar-refractivity contribution < 1.29 is 23.9 Å². The van der Waals surface area contributed by atoms with Crippen LogP contribution < -0.4 is 15.0 Å². The number of amides is 2. The third kappa shape index (κ3) is 6.06. The van der Waals surface area contributed by atoms with E-state index in [2.05, 4.69) is 12.2 Å². The fraction of sp³-hybridized carbons (Fsp3) is 0.550. The van der Waals surface area contributed by atoms with E-state index in [1.807, 2.05) is 0 Å². The number of nitrogens with one attached hydrogen (secondary N) is 1. The largest absolute Gasteiger partial charge is 0.482 e. The molecule has 0 atom stereocenters. The molecular formula is C20H28N2O5. The molecule has 2 rings (SSSR count). The molecule has 0 aliphatic carbocycles. The van der Waals surface area contributed by atoms with Crippen LogP contribution in [0.15, 0.2) is 18.2 Å². The number of rotatable bonds is 11. The van der Waals surface area contributed by atoms with Crippen LogP contribution in [0.3, 0.4) is 0 Å². The van der Waals surface area contributed by atoms with Crippen LogP contribution in [0.5, 0.6) is 5.75 Å². The summed E-state index contributed by atoms with van der Waals surface area (Å²) in [5.74, 6) is -0.0821. The van der Waals surface area contributed by atoms with Crippen molar-refractivity contribution in [3.63, 3.8) is 0 Å². The van der Waals surface area contributed by atoms with Crippen LogP contribution >= 0.6 is 0 Å². The van der Waals surface area contributed by atoms with E-state index in [9.17, 15) is 14.4 Å². The number of hydrogen-bond acceptors (Lipinski definition) is 5. The number of ketones is 1. The molecule has 1 aromatic carbocycles. The molecule has 1 heterocycles. The zero-order valence-electron chi connectivity index (χ0n) is 16.1. The second-order valence-corrected chi connectivity index (χ2v) is 6.40. The van der Waals surface area contributed by atoms with Gasteiger partial charge in [0.15, 0.2) is 12.4 Å². The maximum atomic E-state index is 12.2. The Morgan fingerprint density at radius 1 is 1.22 bits per heavy atom. The molecule has 2 amide bonds. The fourth-order valence-electron chi connectivity index (χ4n) is 2.70. The molecule has 148 valence electrons. The minimum atomic E-state index is -0.304. The van der Waals surface area contributed by atoms with Gasteiger partial charge in [-0.1, -0.05) is 20.3 Å². The van der Waals surface area contributed by atoms with E-state index < -0.39 is 0 Å². The van der Waals surface area contributed by atoms with Gasteiger partial charge in [0.05, 0.1) is 5.69 Å². The van der Waals surface area contributed by atoms with Crippen LogP contribution in [0.2, 0.25) is 0 Å². The second kappa shape index (κ2) is 10.7. The lowest BCUT2D eigenvalue weighted by molar-refractivity contribution is -0.125. The Balaban J connectivity index is 1.91. The number of fused-ring (bicyclic) bond motifs is 1. The summed E-state index contributed by atoms with van der Waals surface area (Å²) in [6.07, 6.45) is 3.22. The fourth-order valence-corrected chi connectivity index (χ4v) is 2.70. The Morgan fingerprint density at radius 3 is 2.74 bits per heavy atom. The number of unbranched alkanes of at least 4 members (excludes halogenated alkanes) is 1. The molecule has 0 bridgehead atoms. The van der Waals surface area contributed by atoms with Crippen molar-refractivity contribution in [1.29, 1.82) is 0 Å². The van der Waals surface area contributed by atoms with Gasteiger partial charge in [0.2, 0.25) is 5.91 Å². The summed E-state index contributed by atoms with van der Waals surface area (Å²) >= 11 is 0. The Kier molecular flexibility index (Phi) is 8.26. The van der Waals surface area contributed by atoms with Gasteiger partial charge in [0.25, 0.3) is 5.91 Å². The smallest absolute Gasteiger partial charge is 0.265 e. The lowest BCUT2D eigenvalue weighted by Crippen LogP contribution is -2.45. The van der Waals surface area contributed by atoms with E-state index in [4.69, 9.17) is 9.47 Å². The number of carbonyl (C=O) groups is 3. The Hall–Kier alpha value is -2.41. The second-order valence-electron chi connectivity index (χ2n) is 6.40.